The summed E-state index contributed by atoms with van der Waals surface area (Å²) in [6, 6.07) is 13.2. The number of aliphatic hydroxyl groups is 1. The molecule has 0 spiro atoms. The predicted octanol–water partition coefficient (Wildman–Crippen LogP) is 1.71. The topological polar surface area (TPSA) is 87.7 Å². The van der Waals surface area contributed by atoms with Crippen LogP contribution in [0.5, 0.6) is 5.75 Å². The number of benzene rings is 2. The van der Waals surface area contributed by atoms with Crippen LogP contribution < -0.4 is 15.4 Å². The average Bonchev–Trinajstić information content (AvgIpc) is 2.64. The number of aliphatic hydroxyl groups excluding tert-OH is 1. The number of rotatable bonds is 7. The molecule has 1 atom stereocenters. The van der Waals surface area contributed by atoms with Gasteiger partial charge >= 0.3 is 0 Å². The Kier molecular flexibility index (Phi) is 7.20. The number of amides is 2. The van der Waals surface area contributed by atoms with Gasteiger partial charge < -0.3 is 20.5 Å². The summed E-state index contributed by atoms with van der Waals surface area (Å²) in [6.07, 6.45) is 0. The van der Waals surface area contributed by atoms with E-state index in [2.05, 4.69) is 33.2 Å². The molecular formula is C18H19IN2O4. The summed E-state index contributed by atoms with van der Waals surface area (Å²) in [5.41, 5.74) is 1.29. The molecule has 7 heteroatoms. The minimum Gasteiger partial charge on any atom is -0.497 e. The van der Waals surface area contributed by atoms with Crippen molar-refractivity contribution in [2.45, 2.75) is 12.6 Å². The molecule has 6 nitrogen and oxygen atoms in total. The van der Waals surface area contributed by atoms with E-state index in [1.165, 1.54) is 7.11 Å². The van der Waals surface area contributed by atoms with Gasteiger partial charge in [0.2, 0.25) is 5.91 Å². The van der Waals surface area contributed by atoms with Gasteiger partial charge in [-0.3, -0.25) is 9.59 Å². The molecule has 0 heterocycles. The lowest BCUT2D eigenvalue weighted by molar-refractivity contribution is -0.124. The van der Waals surface area contributed by atoms with Crippen LogP contribution in [0.1, 0.15) is 15.9 Å². The Labute approximate surface area is 159 Å². The molecule has 3 N–H and O–H groups in total. The number of nitrogens with one attached hydrogen (secondary N) is 2. The van der Waals surface area contributed by atoms with E-state index in [0.29, 0.717) is 17.9 Å². The fourth-order valence-corrected chi connectivity index (χ4v) is 2.77. The summed E-state index contributed by atoms with van der Waals surface area (Å²) >= 11 is 2.19. The van der Waals surface area contributed by atoms with E-state index in [4.69, 9.17) is 4.74 Å². The molecule has 2 amide bonds. The van der Waals surface area contributed by atoms with Gasteiger partial charge in [-0.05, 0) is 58.5 Å². The van der Waals surface area contributed by atoms with E-state index in [1.54, 1.807) is 24.3 Å². The number of halogens is 1. The molecule has 0 aliphatic heterocycles. The first-order chi connectivity index (χ1) is 12.0. The lowest BCUT2D eigenvalue weighted by Crippen LogP contribution is -2.48. The minimum atomic E-state index is -1.03. The Hall–Kier alpha value is -2.13. The quantitative estimate of drug-likeness (QED) is 0.556. The maximum atomic E-state index is 12.2. The summed E-state index contributed by atoms with van der Waals surface area (Å²) in [5, 5.41) is 14.7. The van der Waals surface area contributed by atoms with Crippen molar-refractivity contribution in [3.8, 4) is 5.75 Å². The van der Waals surface area contributed by atoms with E-state index in [-0.39, 0.29) is 0 Å². The molecule has 0 saturated carbocycles. The molecule has 0 fully saturated rings. The molecule has 0 saturated heterocycles. The normalized spacial score (nSPS) is 11.5. The number of carbonyl (C=O) groups is 2. The second kappa shape index (κ2) is 9.38. The van der Waals surface area contributed by atoms with Gasteiger partial charge in [-0.15, -0.1) is 0 Å². The highest BCUT2D eigenvalue weighted by Gasteiger charge is 2.20. The first kappa shape index (κ1) is 19.2. The Balaban J connectivity index is 1.96. The second-order valence-electron chi connectivity index (χ2n) is 5.29. The minimum absolute atomic E-state index is 0.321. The zero-order valence-electron chi connectivity index (χ0n) is 13.7. The predicted molar refractivity (Wildman–Crippen MR) is 102 cm³/mol. The third kappa shape index (κ3) is 5.71. The van der Waals surface area contributed by atoms with Crippen LogP contribution in [-0.4, -0.2) is 36.7 Å². The maximum absolute atomic E-state index is 12.2. The summed E-state index contributed by atoms with van der Waals surface area (Å²) in [5.74, 6) is -0.365. The summed E-state index contributed by atoms with van der Waals surface area (Å²) in [7, 11) is 1.51. The standard InChI is InChI=1S/C18H19IN2O4/c1-25-15-7-3-5-13(9-15)17(23)21-16(11-22)18(24)20-10-12-4-2-6-14(19)8-12/h2-9,16,22H,10-11H2,1H3,(H,20,24)(H,21,23)/t16-/m0/s1. The van der Waals surface area contributed by atoms with Gasteiger partial charge in [0.25, 0.3) is 5.91 Å². The maximum Gasteiger partial charge on any atom is 0.252 e. The van der Waals surface area contributed by atoms with Crippen LogP contribution in [0.25, 0.3) is 0 Å². The molecule has 2 rings (SSSR count). The lowest BCUT2D eigenvalue weighted by atomic mass is 10.1. The van der Waals surface area contributed by atoms with E-state index < -0.39 is 24.5 Å². The Morgan fingerprint density at radius 2 is 1.96 bits per heavy atom. The van der Waals surface area contributed by atoms with Crippen LogP contribution >= 0.6 is 22.6 Å². The molecule has 0 aliphatic carbocycles. The van der Waals surface area contributed by atoms with Crippen LogP contribution in [-0.2, 0) is 11.3 Å². The van der Waals surface area contributed by atoms with Crippen LogP contribution in [0.15, 0.2) is 48.5 Å². The number of hydrogen-bond acceptors (Lipinski definition) is 4. The fraction of sp³-hybridized carbons (Fsp3) is 0.222. The van der Waals surface area contributed by atoms with Gasteiger partial charge in [-0.1, -0.05) is 18.2 Å². The molecule has 2 aromatic carbocycles. The van der Waals surface area contributed by atoms with Crippen molar-refractivity contribution in [1.82, 2.24) is 10.6 Å². The van der Waals surface area contributed by atoms with Gasteiger partial charge in [0, 0.05) is 15.7 Å². The summed E-state index contributed by atoms with van der Waals surface area (Å²) < 4.78 is 6.14. The van der Waals surface area contributed by atoms with Crippen LogP contribution in [0.2, 0.25) is 0 Å². The fourth-order valence-electron chi connectivity index (χ4n) is 2.16. The first-order valence-corrected chi connectivity index (χ1v) is 8.69. The average molecular weight is 454 g/mol. The van der Waals surface area contributed by atoms with Gasteiger partial charge in [0.05, 0.1) is 13.7 Å². The molecule has 0 unspecified atom stereocenters. The molecule has 0 bridgehead atoms. The number of methoxy groups -OCH3 is 1. The molecule has 0 aromatic heterocycles. The zero-order valence-corrected chi connectivity index (χ0v) is 15.8. The van der Waals surface area contributed by atoms with Gasteiger partial charge in [-0.2, -0.15) is 0 Å². The van der Waals surface area contributed by atoms with E-state index in [1.807, 2.05) is 24.3 Å². The molecule has 0 aliphatic rings. The van der Waals surface area contributed by atoms with E-state index >= 15 is 0 Å². The molecule has 132 valence electrons. The van der Waals surface area contributed by atoms with Crippen molar-refractivity contribution in [3.63, 3.8) is 0 Å². The van der Waals surface area contributed by atoms with Crippen LogP contribution in [0.3, 0.4) is 0 Å². The van der Waals surface area contributed by atoms with Crippen molar-refractivity contribution in [2.75, 3.05) is 13.7 Å². The van der Waals surface area contributed by atoms with Gasteiger partial charge in [0.15, 0.2) is 0 Å². The van der Waals surface area contributed by atoms with Crippen molar-refractivity contribution in [3.05, 3.63) is 63.2 Å². The number of hydrogen-bond donors (Lipinski definition) is 3. The number of ether oxygens (including phenoxy) is 1. The highest BCUT2D eigenvalue weighted by atomic mass is 127. The van der Waals surface area contributed by atoms with Crippen molar-refractivity contribution in [2.24, 2.45) is 0 Å². The molecule has 2 aromatic rings. The van der Waals surface area contributed by atoms with Crippen molar-refractivity contribution in [1.29, 1.82) is 0 Å². The van der Waals surface area contributed by atoms with Gasteiger partial charge in [0.1, 0.15) is 11.8 Å². The van der Waals surface area contributed by atoms with E-state index in [9.17, 15) is 14.7 Å². The lowest BCUT2D eigenvalue weighted by Gasteiger charge is -2.16. The van der Waals surface area contributed by atoms with Gasteiger partial charge in [-0.25, -0.2) is 0 Å². The molecular weight excluding hydrogens is 435 g/mol. The smallest absolute Gasteiger partial charge is 0.252 e. The highest BCUT2D eigenvalue weighted by molar-refractivity contribution is 14.1. The zero-order chi connectivity index (χ0) is 18.2. The van der Waals surface area contributed by atoms with Crippen LogP contribution in [0, 0.1) is 3.57 Å². The van der Waals surface area contributed by atoms with Crippen molar-refractivity contribution < 1.29 is 19.4 Å². The first-order valence-electron chi connectivity index (χ1n) is 7.61. The monoisotopic (exact) mass is 454 g/mol. The number of carbonyl (C=O) groups excluding carboxylic acids is 2. The Morgan fingerprint density at radius 1 is 1.20 bits per heavy atom. The Morgan fingerprint density at radius 3 is 2.64 bits per heavy atom. The summed E-state index contributed by atoms with van der Waals surface area (Å²) in [6.45, 7) is -0.172. The van der Waals surface area contributed by atoms with Crippen LogP contribution in [0.4, 0.5) is 0 Å². The molecule has 0 radical (unpaired) electrons. The molecule has 25 heavy (non-hydrogen) atoms. The second-order valence-corrected chi connectivity index (χ2v) is 6.53. The third-order valence-electron chi connectivity index (χ3n) is 3.49. The largest absolute Gasteiger partial charge is 0.497 e. The van der Waals surface area contributed by atoms with Crippen molar-refractivity contribution >= 4 is 34.4 Å². The third-order valence-corrected chi connectivity index (χ3v) is 4.16. The summed E-state index contributed by atoms with van der Waals surface area (Å²) in [4.78, 5) is 24.5. The highest BCUT2D eigenvalue weighted by Crippen LogP contribution is 2.12. The SMILES string of the molecule is COc1cccc(C(=O)N[C@@H](CO)C(=O)NCc2cccc(I)c2)c1. The van der Waals surface area contributed by atoms with E-state index in [0.717, 1.165) is 9.13 Å². The Bertz CT molecular complexity index is 751.